The number of carbonyl (C=O) groups is 1. The highest BCUT2D eigenvalue weighted by Gasteiger charge is 2.11. The molecule has 0 saturated heterocycles. The molecule has 1 N–H and O–H groups in total. The Labute approximate surface area is 140 Å². The summed E-state index contributed by atoms with van der Waals surface area (Å²) in [6.07, 6.45) is 0. The Morgan fingerprint density at radius 3 is 2.50 bits per heavy atom. The van der Waals surface area contributed by atoms with E-state index in [0.29, 0.717) is 16.6 Å². The molecule has 0 spiro atoms. The zero-order valence-corrected chi connectivity index (χ0v) is 14.1. The largest absolute Gasteiger partial charge is 0.325 e. The fraction of sp³-hybridized carbons (Fsp3) is 0.235. The highest BCUT2D eigenvalue weighted by atomic mass is 35.5. The summed E-state index contributed by atoms with van der Waals surface area (Å²) >= 11 is 12.2. The zero-order valence-electron chi connectivity index (χ0n) is 12.6. The average molecular weight is 337 g/mol. The number of hydrogen-bond acceptors (Lipinski definition) is 2. The number of nitrogens with one attached hydrogen (secondary N) is 1. The molecular weight excluding hydrogens is 319 g/mol. The van der Waals surface area contributed by atoms with E-state index >= 15 is 0 Å². The number of rotatable bonds is 5. The van der Waals surface area contributed by atoms with Gasteiger partial charge in [0, 0.05) is 22.3 Å². The molecule has 0 fully saturated rings. The molecule has 0 heterocycles. The quantitative estimate of drug-likeness (QED) is 0.879. The third-order valence-corrected chi connectivity index (χ3v) is 4.13. The van der Waals surface area contributed by atoms with Gasteiger partial charge in [-0.1, -0.05) is 47.5 Å². The van der Waals surface area contributed by atoms with Gasteiger partial charge in [0.1, 0.15) is 0 Å². The Morgan fingerprint density at radius 1 is 1.09 bits per heavy atom. The van der Waals surface area contributed by atoms with Gasteiger partial charge in [0.05, 0.1) is 6.54 Å². The van der Waals surface area contributed by atoms with Crippen molar-refractivity contribution in [3.8, 4) is 0 Å². The Bertz CT molecular complexity index is 673. The molecule has 0 radical (unpaired) electrons. The van der Waals surface area contributed by atoms with E-state index in [1.54, 1.807) is 6.07 Å². The minimum absolute atomic E-state index is 0.0834. The van der Waals surface area contributed by atoms with E-state index in [2.05, 4.69) is 5.32 Å². The molecule has 2 aromatic carbocycles. The summed E-state index contributed by atoms with van der Waals surface area (Å²) in [4.78, 5) is 14.0. The molecular formula is C17H18Cl2N2O. The number of hydrogen-bond donors (Lipinski definition) is 1. The van der Waals surface area contributed by atoms with Crippen molar-refractivity contribution in [1.29, 1.82) is 0 Å². The summed E-state index contributed by atoms with van der Waals surface area (Å²) in [7, 11) is 1.88. The average Bonchev–Trinajstić information content (AvgIpc) is 2.46. The van der Waals surface area contributed by atoms with Crippen LogP contribution in [0.4, 0.5) is 5.69 Å². The molecule has 0 atom stereocenters. The van der Waals surface area contributed by atoms with Crippen molar-refractivity contribution in [2.45, 2.75) is 13.5 Å². The Balaban J connectivity index is 1.94. The second kappa shape index (κ2) is 7.63. The molecule has 0 aliphatic heterocycles. The first-order chi connectivity index (χ1) is 10.5. The minimum Gasteiger partial charge on any atom is -0.325 e. The third-order valence-electron chi connectivity index (χ3n) is 3.35. The van der Waals surface area contributed by atoms with E-state index in [-0.39, 0.29) is 12.5 Å². The Morgan fingerprint density at radius 2 is 1.77 bits per heavy atom. The second-order valence-corrected chi connectivity index (χ2v) is 6.04. The summed E-state index contributed by atoms with van der Waals surface area (Å²) in [6, 6.07) is 13.1. The Kier molecular flexibility index (Phi) is 5.83. The van der Waals surface area contributed by atoms with Gasteiger partial charge in [0.25, 0.3) is 0 Å². The maximum atomic E-state index is 12.1. The van der Waals surface area contributed by atoms with Crippen LogP contribution in [0.5, 0.6) is 0 Å². The second-order valence-electron chi connectivity index (χ2n) is 5.22. The standard InChI is InChI=1S/C17H18Cl2N2O/c1-12-14(18)8-5-9-16(12)20-17(22)11-21(2)10-13-6-3-4-7-15(13)19/h3-9H,10-11H2,1-2H3,(H,20,22). The van der Waals surface area contributed by atoms with E-state index in [1.807, 2.05) is 55.3 Å². The van der Waals surface area contributed by atoms with Gasteiger partial charge in [-0.3, -0.25) is 9.69 Å². The van der Waals surface area contributed by atoms with Crippen LogP contribution >= 0.6 is 23.2 Å². The van der Waals surface area contributed by atoms with Gasteiger partial charge in [-0.25, -0.2) is 0 Å². The van der Waals surface area contributed by atoms with Crippen LogP contribution in [0.25, 0.3) is 0 Å². The van der Waals surface area contributed by atoms with Crippen molar-refractivity contribution in [1.82, 2.24) is 4.90 Å². The molecule has 22 heavy (non-hydrogen) atoms. The van der Waals surface area contributed by atoms with Gasteiger partial charge in [-0.05, 0) is 43.3 Å². The summed E-state index contributed by atoms with van der Waals surface area (Å²) in [5, 5.41) is 4.23. The van der Waals surface area contributed by atoms with E-state index in [1.165, 1.54) is 0 Å². The summed E-state index contributed by atoms with van der Waals surface area (Å²) < 4.78 is 0. The van der Waals surface area contributed by atoms with Crippen molar-refractivity contribution in [2.75, 3.05) is 18.9 Å². The number of benzene rings is 2. The predicted octanol–water partition coefficient (Wildman–Crippen LogP) is 4.37. The smallest absolute Gasteiger partial charge is 0.238 e. The predicted molar refractivity (Wildman–Crippen MR) is 92.6 cm³/mol. The van der Waals surface area contributed by atoms with E-state index < -0.39 is 0 Å². The zero-order chi connectivity index (χ0) is 16.1. The van der Waals surface area contributed by atoms with Crippen LogP contribution in [-0.2, 0) is 11.3 Å². The first kappa shape index (κ1) is 16.8. The number of halogens is 2. The fourth-order valence-corrected chi connectivity index (χ4v) is 2.52. The van der Waals surface area contributed by atoms with Crippen LogP contribution in [0.15, 0.2) is 42.5 Å². The highest BCUT2D eigenvalue weighted by molar-refractivity contribution is 6.32. The number of carbonyl (C=O) groups excluding carboxylic acids is 1. The van der Waals surface area contributed by atoms with Gasteiger partial charge in [-0.15, -0.1) is 0 Å². The molecule has 2 rings (SSSR count). The van der Waals surface area contributed by atoms with Crippen molar-refractivity contribution in [3.63, 3.8) is 0 Å². The summed E-state index contributed by atoms with van der Waals surface area (Å²) in [5.74, 6) is -0.0834. The molecule has 0 bridgehead atoms. The summed E-state index contributed by atoms with van der Waals surface area (Å²) in [5.41, 5.74) is 2.60. The van der Waals surface area contributed by atoms with Gasteiger partial charge in [0.15, 0.2) is 0 Å². The van der Waals surface area contributed by atoms with Gasteiger partial charge >= 0.3 is 0 Å². The molecule has 116 valence electrons. The van der Waals surface area contributed by atoms with Crippen molar-refractivity contribution >= 4 is 34.8 Å². The van der Waals surface area contributed by atoms with Crippen LogP contribution in [0.1, 0.15) is 11.1 Å². The maximum Gasteiger partial charge on any atom is 0.238 e. The minimum atomic E-state index is -0.0834. The number of nitrogens with zero attached hydrogens (tertiary/aromatic N) is 1. The molecule has 5 heteroatoms. The maximum absolute atomic E-state index is 12.1. The van der Waals surface area contributed by atoms with Crippen molar-refractivity contribution < 1.29 is 4.79 Å². The molecule has 2 aromatic rings. The monoisotopic (exact) mass is 336 g/mol. The van der Waals surface area contributed by atoms with Crippen molar-refractivity contribution in [2.24, 2.45) is 0 Å². The first-order valence-electron chi connectivity index (χ1n) is 6.94. The number of anilines is 1. The molecule has 0 aliphatic rings. The lowest BCUT2D eigenvalue weighted by Crippen LogP contribution is -2.30. The lowest BCUT2D eigenvalue weighted by atomic mass is 10.2. The molecule has 0 aliphatic carbocycles. The van der Waals surface area contributed by atoms with E-state index in [4.69, 9.17) is 23.2 Å². The van der Waals surface area contributed by atoms with Crippen LogP contribution in [0, 0.1) is 6.92 Å². The molecule has 0 unspecified atom stereocenters. The molecule has 3 nitrogen and oxygen atoms in total. The molecule has 0 aromatic heterocycles. The van der Waals surface area contributed by atoms with Crippen LogP contribution in [-0.4, -0.2) is 24.4 Å². The van der Waals surface area contributed by atoms with Gasteiger partial charge in [0.2, 0.25) is 5.91 Å². The van der Waals surface area contributed by atoms with E-state index in [9.17, 15) is 4.79 Å². The Hall–Kier alpha value is -1.55. The SMILES string of the molecule is Cc1c(Cl)cccc1NC(=O)CN(C)Cc1ccccc1Cl. The topological polar surface area (TPSA) is 32.3 Å². The van der Waals surface area contributed by atoms with Crippen LogP contribution in [0.3, 0.4) is 0 Å². The molecule has 0 saturated carbocycles. The fourth-order valence-electron chi connectivity index (χ4n) is 2.15. The van der Waals surface area contributed by atoms with Crippen LogP contribution in [0.2, 0.25) is 10.0 Å². The lowest BCUT2D eigenvalue weighted by Gasteiger charge is -2.17. The first-order valence-corrected chi connectivity index (χ1v) is 7.70. The van der Waals surface area contributed by atoms with Gasteiger partial charge < -0.3 is 5.32 Å². The molecule has 1 amide bonds. The van der Waals surface area contributed by atoms with E-state index in [0.717, 1.165) is 16.8 Å². The summed E-state index contributed by atoms with van der Waals surface area (Å²) in [6.45, 7) is 2.77. The number of likely N-dealkylation sites (N-methyl/N-ethyl adjacent to an activating group) is 1. The number of amides is 1. The normalized spacial score (nSPS) is 10.8. The van der Waals surface area contributed by atoms with Crippen LogP contribution < -0.4 is 5.32 Å². The third kappa shape index (κ3) is 4.47. The van der Waals surface area contributed by atoms with Gasteiger partial charge in [-0.2, -0.15) is 0 Å². The highest BCUT2D eigenvalue weighted by Crippen LogP contribution is 2.23. The van der Waals surface area contributed by atoms with Crippen molar-refractivity contribution in [3.05, 3.63) is 63.6 Å². The lowest BCUT2D eigenvalue weighted by molar-refractivity contribution is -0.117.